The van der Waals surface area contributed by atoms with Gasteiger partial charge in [-0.15, -0.1) is 0 Å². The van der Waals surface area contributed by atoms with Crippen LogP contribution in [-0.4, -0.2) is 42.4 Å². The summed E-state index contributed by atoms with van der Waals surface area (Å²) in [5.41, 5.74) is 4.00. The van der Waals surface area contributed by atoms with Crippen molar-refractivity contribution in [1.82, 2.24) is 9.99 Å². The number of hydrazone groups is 1. The summed E-state index contributed by atoms with van der Waals surface area (Å²) >= 11 is 0. The number of pyridine rings is 1. The molecule has 5 rings (SSSR count). The second kappa shape index (κ2) is 8.34. The van der Waals surface area contributed by atoms with Crippen LogP contribution in [0.5, 0.6) is 17.2 Å². The van der Waals surface area contributed by atoms with Crippen LogP contribution in [0.1, 0.15) is 22.7 Å². The molecule has 0 spiro atoms. The molecule has 1 aromatic heterocycles. The SMILES string of the molecule is COc1cc2c(cc1OC)C1=NN(C(=O)COc3ccccc3)C(c3ccncc3)C1C2. The minimum Gasteiger partial charge on any atom is -0.493 e. The summed E-state index contributed by atoms with van der Waals surface area (Å²) in [7, 11) is 3.24. The fourth-order valence-corrected chi connectivity index (χ4v) is 4.47. The van der Waals surface area contributed by atoms with Gasteiger partial charge in [-0.1, -0.05) is 18.2 Å². The van der Waals surface area contributed by atoms with Crippen LogP contribution >= 0.6 is 0 Å². The average molecular weight is 429 g/mol. The van der Waals surface area contributed by atoms with Gasteiger partial charge < -0.3 is 14.2 Å². The van der Waals surface area contributed by atoms with Crippen LogP contribution in [0.2, 0.25) is 0 Å². The summed E-state index contributed by atoms with van der Waals surface area (Å²) in [6, 6.07) is 16.9. The van der Waals surface area contributed by atoms with Crippen molar-refractivity contribution in [2.24, 2.45) is 11.0 Å². The van der Waals surface area contributed by atoms with Crippen LogP contribution in [0.3, 0.4) is 0 Å². The molecule has 2 aromatic carbocycles. The van der Waals surface area contributed by atoms with Gasteiger partial charge in [0.05, 0.1) is 26.0 Å². The lowest BCUT2D eigenvalue weighted by Crippen LogP contribution is -2.34. The molecule has 0 radical (unpaired) electrons. The first-order valence-corrected chi connectivity index (χ1v) is 10.4. The minimum absolute atomic E-state index is 0.0323. The first kappa shape index (κ1) is 20.1. The summed E-state index contributed by atoms with van der Waals surface area (Å²) in [5.74, 6) is 1.82. The van der Waals surface area contributed by atoms with Gasteiger partial charge in [-0.2, -0.15) is 5.10 Å². The van der Waals surface area contributed by atoms with Gasteiger partial charge in [-0.3, -0.25) is 9.78 Å². The Labute approximate surface area is 186 Å². The highest BCUT2D eigenvalue weighted by Gasteiger charge is 2.46. The molecular formula is C25H23N3O4. The van der Waals surface area contributed by atoms with E-state index in [9.17, 15) is 4.79 Å². The lowest BCUT2D eigenvalue weighted by Gasteiger charge is -2.26. The first-order valence-electron chi connectivity index (χ1n) is 10.4. The van der Waals surface area contributed by atoms with Crippen LogP contribution in [0.15, 0.2) is 72.1 Å². The van der Waals surface area contributed by atoms with Gasteiger partial charge in [0, 0.05) is 23.9 Å². The standard InChI is InChI=1S/C25H23N3O4/c1-30-21-13-17-12-20-24(19(17)14-22(21)31-2)27-28(25(20)16-8-10-26-11-9-16)23(29)15-32-18-6-4-3-5-7-18/h3-11,13-14,20,25H,12,15H2,1-2H3. The van der Waals surface area contributed by atoms with Gasteiger partial charge in [0.25, 0.3) is 5.91 Å². The molecule has 1 aliphatic heterocycles. The smallest absolute Gasteiger partial charge is 0.281 e. The van der Waals surface area contributed by atoms with E-state index in [0.717, 1.165) is 28.8 Å². The lowest BCUT2D eigenvalue weighted by molar-refractivity contribution is -0.135. The predicted octanol–water partition coefficient (Wildman–Crippen LogP) is 3.64. The van der Waals surface area contributed by atoms with Crippen molar-refractivity contribution in [1.29, 1.82) is 0 Å². The largest absolute Gasteiger partial charge is 0.493 e. The van der Waals surface area contributed by atoms with E-state index < -0.39 is 0 Å². The van der Waals surface area contributed by atoms with Crippen molar-refractivity contribution >= 4 is 11.6 Å². The molecule has 2 aliphatic rings. The van der Waals surface area contributed by atoms with E-state index in [1.54, 1.807) is 31.6 Å². The van der Waals surface area contributed by atoms with Gasteiger partial charge in [0.15, 0.2) is 18.1 Å². The zero-order valence-electron chi connectivity index (χ0n) is 17.9. The van der Waals surface area contributed by atoms with Crippen molar-refractivity contribution in [2.75, 3.05) is 20.8 Å². The van der Waals surface area contributed by atoms with Crippen molar-refractivity contribution in [3.63, 3.8) is 0 Å². The number of nitrogens with zero attached hydrogens (tertiary/aromatic N) is 3. The number of aromatic nitrogens is 1. The Morgan fingerprint density at radius 3 is 2.47 bits per heavy atom. The van der Waals surface area contributed by atoms with E-state index in [1.807, 2.05) is 54.6 Å². The number of hydrogen-bond donors (Lipinski definition) is 0. The molecule has 2 atom stereocenters. The number of carbonyl (C=O) groups excluding carboxylic acids is 1. The fourth-order valence-electron chi connectivity index (χ4n) is 4.47. The molecule has 2 unspecified atom stereocenters. The van der Waals surface area contributed by atoms with Crippen molar-refractivity contribution < 1.29 is 19.0 Å². The number of methoxy groups -OCH3 is 2. The summed E-state index contributed by atoms with van der Waals surface area (Å²) in [6.45, 7) is -0.0894. The Bertz CT molecular complexity index is 1160. The monoisotopic (exact) mass is 429 g/mol. The quantitative estimate of drug-likeness (QED) is 0.598. The van der Waals surface area contributed by atoms with Gasteiger partial charge in [0.2, 0.25) is 0 Å². The number of fused-ring (bicyclic) bond motifs is 3. The van der Waals surface area contributed by atoms with Gasteiger partial charge in [-0.05, 0) is 53.9 Å². The van der Waals surface area contributed by atoms with E-state index >= 15 is 0 Å². The predicted molar refractivity (Wildman–Crippen MR) is 119 cm³/mol. The van der Waals surface area contributed by atoms with Crippen LogP contribution in [0.4, 0.5) is 0 Å². The highest BCUT2D eigenvalue weighted by molar-refractivity contribution is 6.09. The number of amides is 1. The second-order valence-corrected chi connectivity index (χ2v) is 7.73. The molecule has 7 nitrogen and oxygen atoms in total. The number of benzene rings is 2. The summed E-state index contributed by atoms with van der Waals surface area (Å²) < 4.78 is 16.7. The van der Waals surface area contributed by atoms with Crippen molar-refractivity contribution in [3.05, 3.63) is 83.7 Å². The molecule has 0 saturated carbocycles. The fraction of sp³-hybridized carbons (Fsp3) is 0.240. The molecule has 1 aliphatic carbocycles. The topological polar surface area (TPSA) is 73.2 Å². The van der Waals surface area contributed by atoms with E-state index in [4.69, 9.17) is 19.3 Å². The molecule has 3 aromatic rings. The highest BCUT2D eigenvalue weighted by Crippen LogP contribution is 2.46. The summed E-state index contributed by atoms with van der Waals surface area (Å²) in [6.07, 6.45) is 4.24. The second-order valence-electron chi connectivity index (χ2n) is 7.73. The Hall–Kier alpha value is -3.87. The Morgan fingerprint density at radius 2 is 1.75 bits per heavy atom. The van der Waals surface area contributed by atoms with E-state index in [0.29, 0.717) is 17.2 Å². The Kier molecular flexibility index (Phi) is 5.23. The third-order valence-corrected chi connectivity index (χ3v) is 5.95. The molecule has 0 bridgehead atoms. The molecule has 1 amide bonds. The highest BCUT2D eigenvalue weighted by atomic mass is 16.5. The van der Waals surface area contributed by atoms with Crippen LogP contribution in [0.25, 0.3) is 0 Å². The summed E-state index contributed by atoms with van der Waals surface area (Å²) in [4.78, 5) is 17.3. The molecule has 7 heteroatoms. The summed E-state index contributed by atoms with van der Waals surface area (Å²) in [5, 5.41) is 6.36. The molecule has 162 valence electrons. The zero-order valence-corrected chi connectivity index (χ0v) is 17.9. The molecular weight excluding hydrogens is 406 g/mol. The number of ether oxygens (including phenoxy) is 3. The van der Waals surface area contributed by atoms with Crippen molar-refractivity contribution in [2.45, 2.75) is 12.5 Å². The van der Waals surface area contributed by atoms with E-state index in [1.165, 1.54) is 0 Å². The van der Waals surface area contributed by atoms with Gasteiger partial charge in [0.1, 0.15) is 5.75 Å². The normalized spacial score (nSPS) is 18.6. The number of rotatable bonds is 6. The maximum absolute atomic E-state index is 13.2. The maximum atomic E-state index is 13.2. The van der Waals surface area contributed by atoms with Crippen LogP contribution < -0.4 is 14.2 Å². The molecule has 2 heterocycles. The number of para-hydroxylation sites is 1. The van der Waals surface area contributed by atoms with E-state index in [2.05, 4.69) is 4.98 Å². The lowest BCUT2D eigenvalue weighted by atomic mass is 9.91. The average Bonchev–Trinajstić information content (AvgIpc) is 3.38. The number of carbonyl (C=O) groups is 1. The molecule has 32 heavy (non-hydrogen) atoms. The van der Waals surface area contributed by atoms with Gasteiger partial charge >= 0.3 is 0 Å². The first-order chi connectivity index (χ1) is 15.7. The van der Waals surface area contributed by atoms with Crippen molar-refractivity contribution in [3.8, 4) is 17.2 Å². The molecule has 0 N–H and O–H groups in total. The third kappa shape index (κ3) is 3.45. The van der Waals surface area contributed by atoms with Crippen LogP contribution in [0, 0.1) is 5.92 Å². The molecule has 0 fully saturated rings. The maximum Gasteiger partial charge on any atom is 0.281 e. The third-order valence-electron chi connectivity index (χ3n) is 5.95. The molecule has 0 saturated heterocycles. The Morgan fingerprint density at radius 1 is 1.03 bits per heavy atom. The number of hydrogen-bond acceptors (Lipinski definition) is 6. The minimum atomic E-state index is -0.232. The Balaban J connectivity index is 1.49. The van der Waals surface area contributed by atoms with Crippen LogP contribution in [-0.2, 0) is 11.2 Å². The zero-order chi connectivity index (χ0) is 22.1. The van der Waals surface area contributed by atoms with Gasteiger partial charge in [-0.25, -0.2) is 5.01 Å². The van der Waals surface area contributed by atoms with E-state index in [-0.39, 0.29) is 24.5 Å².